The average Bonchev–Trinajstić information content (AvgIpc) is 2.93. The Morgan fingerprint density at radius 3 is 3.14 bits per heavy atom. The van der Waals surface area contributed by atoms with Gasteiger partial charge < -0.3 is 5.32 Å². The van der Waals surface area contributed by atoms with Crippen molar-refractivity contribution < 1.29 is 4.79 Å². The molecule has 0 radical (unpaired) electrons. The summed E-state index contributed by atoms with van der Waals surface area (Å²) in [5, 5.41) is 7.56. The molecule has 0 saturated heterocycles. The molecular formula is C15H13BrN4O. The average molecular weight is 345 g/mol. The van der Waals surface area contributed by atoms with Crippen molar-refractivity contribution in [2.75, 3.05) is 5.32 Å². The second-order valence-electron chi connectivity index (χ2n) is 5.30. The van der Waals surface area contributed by atoms with Crippen molar-refractivity contribution in [3.63, 3.8) is 0 Å². The molecule has 0 fully saturated rings. The number of nitrogens with zero attached hydrogens (tertiary/aromatic N) is 3. The lowest BCUT2D eigenvalue weighted by molar-refractivity contribution is -0.123. The predicted octanol–water partition coefficient (Wildman–Crippen LogP) is 2.92. The number of allylic oxidation sites excluding steroid dienone is 2. The highest BCUT2D eigenvalue weighted by molar-refractivity contribution is 9.10. The predicted molar refractivity (Wildman–Crippen MR) is 81.7 cm³/mol. The van der Waals surface area contributed by atoms with Crippen molar-refractivity contribution in [2.45, 2.75) is 18.9 Å². The fourth-order valence-electron chi connectivity index (χ4n) is 3.14. The van der Waals surface area contributed by atoms with Crippen molar-refractivity contribution in [2.24, 2.45) is 5.92 Å². The molecule has 21 heavy (non-hydrogen) atoms. The van der Waals surface area contributed by atoms with Crippen LogP contribution >= 0.6 is 15.9 Å². The molecule has 2 atom stereocenters. The van der Waals surface area contributed by atoms with E-state index in [2.05, 4.69) is 37.4 Å². The van der Waals surface area contributed by atoms with Gasteiger partial charge in [0.2, 0.25) is 5.95 Å². The summed E-state index contributed by atoms with van der Waals surface area (Å²) >= 11 is 3.50. The Hall–Kier alpha value is -1.95. The summed E-state index contributed by atoms with van der Waals surface area (Å²) in [5.41, 5.74) is 2.01. The van der Waals surface area contributed by atoms with Gasteiger partial charge in [-0.15, -0.1) is 0 Å². The van der Waals surface area contributed by atoms with E-state index in [4.69, 9.17) is 0 Å². The van der Waals surface area contributed by atoms with Gasteiger partial charge in [0.1, 0.15) is 12.1 Å². The molecule has 1 aromatic carbocycles. The van der Waals surface area contributed by atoms with Gasteiger partial charge in [-0.05, 0) is 24.1 Å². The van der Waals surface area contributed by atoms with Gasteiger partial charge in [-0.25, -0.2) is 4.68 Å². The van der Waals surface area contributed by atoms with Crippen LogP contribution in [0.4, 0.5) is 5.95 Å². The summed E-state index contributed by atoms with van der Waals surface area (Å²) in [4.78, 5) is 16.7. The molecule has 106 valence electrons. The summed E-state index contributed by atoms with van der Waals surface area (Å²) < 4.78 is 2.81. The van der Waals surface area contributed by atoms with Gasteiger partial charge in [0.05, 0.1) is 12.0 Å². The first-order valence-electron chi connectivity index (χ1n) is 6.89. The molecule has 1 N–H and O–H groups in total. The Morgan fingerprint density at radius 2 is 2.29 bits per heavy atom. The number of benzene rings is 1. The Morgan fingerprint density at radius 1 is 1.38 bits per heavy atom. The molecule has 2 unspecified atom stereocenters. The number of fused-ring (bicyclic) bond motifs is 2. The zero-order valence-corrected chi connectivity index (χ0v) is 12.7. The summed E-state index contributed by atoms with van der Waals surface area (Å²) in [6.45, 7) is 0. The van der Waals surface area contributed by atoms with Gasteiger partial charge in [0, 0.05) is 16.6 Å². The summed E-state index contributed by atoms with van der Waals surface area (Å²) in [7, 11) is 0. The van der Waals surface area contributed by atoms with E-state index in [1.54, 1.807) is 0 Å². The number of anilines is 1. The second kappa shape index (κ2) is 4.80. The van der Waals surface area contributed by atoms with Crippen LogP contribution in [0.3, 0.4) is 0 Å². The van der Waals surface area contributed by atoms with Crippen LogP contribution in [0.2, 0.25) is 0 Å². The standard InChI is InChI=1S/C15H13BrN4O/c16-10-4-1-3-9(7-10)14-13-11(5-2-6-12(13)21)19-15-17-8-18-20(14)15/h1,3-5,7-8,13-14H,2,6H2,(H,17,18,19). The SMILES string of the molecule is O=C1CCC=C2Nc3ncnn3C(c3cccc(Br)c3)C12. The van der Waals surface area contributed by atoms with Crippen LogP contribution in [-0.2, 0) is 4.79 Å². The molecule has 2 heterocycles. The Kier molecular flexibility index (Phi) is 2.92. The fraction of sp³-hybridized carbons (Fsp3) is 0.267. The lowest BCUT2D eigenvalue weighted by Gasteiger charge is -2.36. The van der Waals surface area contributed by atoms with Gasteiger partial charge >= 0.3 is 0 Å². The summed E-state index contributed by atoms with van der Waals surface area (Å²) in [6, 6.07) is 7.90. The van der Waals surface area contributed by atoms with Gasteiger partial charge in [-0.1, -0.05) is 34.1 Å². The molecule has 2 aromatic rings. The first-order valence-corrected chi connectivity index (χ1v) is 7.68. The number of carbonyl (C=O) groups is 1. The van der Waals surface area contributed by atoms with Crippen LogP contribution in [0.15, 0.2) is 46.8 Å². The Labute approximate surface area is 130 Å². The maximum atomic E-state index is 12.5. The van der Waals surface area contributed by atoms with Crippen LogP contribution in [0.1, 0.15) is 24.4 Å². The molecule has 1 aliphatic heterocycles. The molecular weight excluding hydrogens is 332 g/mol. The van der Waals surface area contributed by atoms with E-state index < -0.39 is 0 Å². The number of carbonyl (C=O) groups excluding carboxylic acids is 1. The lowest BCUT2D eigenvalue weighted by atomic mass is 9.81. The van der Waals surface area contributed by atoms with Crippen molar-refractivity contribution in [3.05, 3.63) is 52.4 Å². The zero-order chi connectivity index (χ0) is 14.4. The van der Waals surface area contributed by atoms with E-state index in [0.717, 1.165) is 22.2 Å². The minimum absolute atomic E-state index is 0.139. The minimum atomic E-state index is -0.206. The van der Waals surface area contributed by atoms with Gasteiger partial charge in [-0.2, -0.15) is 10.1 Å². The molecule has 6 heteroatoms. The van der Waals surface area contributed by atoms with Gasteiger partial charge in [0.25, 0.3) is 0 Å². The van der Waals surface area contributed by atoms with E-state index in [9.17, 15) is 4.79 Å². The van der Waals surface area contributed by atoms with Crippen LogP contribution < -0.4 is 5.32 Å². The molecule has 0 spiro atoms. The molecule has 0 bridgehead atoms. The number of hydrogen-bond acceptors (Lipinski definition) is 4. The van der Waals surface area contributed by atoms with E-state index in [0.29, 0.717) is 12.4 Å². The van der Waals surface area contributed by atoms with Crippen molar-refractivity contribution in [1.82, 2.24) is 14.8 Å². The highest BCUT2D eigenvalue weighted by Crippen LogP contribution is 2.41. The first kappa shape index (κ1) is 12.8. The van der Waals surface area contributed by atoms with Crippen molar-refractivity contribution >= 4 is 27.7 Å². The van der Waals surface area contributed by atoms with Crippen molar-refractivity contribution in [3.8, 4) is 0 Å². The molecule has 1 aromatic heterocycles. The number of hydrogen-bond donors (Lipinski definition) is 1. The molecule has 1 aliphatic carbocycles. The molecule has 2 aliphatic rings. The number of ketones is 1. The molecule has 4 rings (SSSR count). The third-order valence-electron chi connectivity index (χ3n) is 4.04. The number of nitrogens with one attached hydrogen (secondary N) is 1. The topological polar surface area (TPSA) is 59.8 Å². The lowest BCUT2D eigenvalue weighted by Crippen LogP contribution is -2.38. The highest BCUT2D eigenvalue weighted by Gasteiger charge is 2.40. The molecule has 0 saturated carbocycles. The number of Topliss-reactive ketones (excluding diaryl/α,β-unsaturated/α-hetero) is 1. The smallest absolute Gasteiger partial charge is 0.226 e. The normalized spacial score (nSPS) is 23.9. The van der Waals surface area contributed by atoms with Crippen LogP contribution in [0.5, 0.6) is 0 Å². The third-order valence-corrected chi connectivity index (χ3v) is 4.53. The third kappa shape index (κ3) is 2.01. The minimum Gasteiger partial charge on any atom is -0.328 e. The van der Waals surface area contributed by atoms with E-state index in [-0.39, 0.29) is 17.7 Å². The Bertz CT molecular complexity index is 752. The zero-order valence-electron chi connectivity index (χ0n) is 11.2. The number of aromatic nitrogens is 3. The quantitative estimate of drug-likeness (QED) is 0.863. The van der Waals surface area contributed by atoms with E-state index in [1.807, 2.05) is 28.9 Å². The highest BCUT2D eigenvalue weighted by atomic mass is 79.9. The Balaban J connectivity index is 1.91. The van der Waals surface area contributed by atoms with E-state index >= 15 is 0 Å². The van der Waals surface area contributed by atoms with E-state index in [1.165, 1.54) is 6.33 Å². The molecule has 5 nitrogen and oxygen atoms in total. The number of halogens is 1. The summed E-state index contributed by atoms with van der Waals surface area (Å²) in [6.07, 6.45) is 5.01. The largest absolute Gasteiger partial charge is 0.328 e. The van der Waals surface area contributed by atoms with Crippen LogP contribution in [0.25, 0.3) is 0 Å². The summed E-state index contributed by atoms with van der Waals surface area (Å²) in [5.74, 6) is 0.741. The maximum Gasteiger partial charge on any atom is 0.226 e. The number of rotatable bonds is 1. The first-order chi connectivity index (χ1) is 10.2. The van der Waals surface area contributed by atoms with Gasteiger partial charge in [-0.3, -0.25) is 4.79 Å². The van der Waals surface area contributed by atoms with Crippen LogP contribution in [0, 0.1) is 5.92 Å². The fourth-order valence-corrected chi connectivity index (χ4v) is 3.56. The maximum absolute atomic E-state index is 12.5. The van der Waals surface area contributed by atoms with Crippen molar-refractivity contribution in [1.29, 1.82) is 0 Å². The monoisotopic (exact) mass is 344 g/mol. The van der Waals surface area contributed by atoms with Crippen LogP contribution in [-0.4, -0.2) is 20.5 Å². The second-order valence-corrected chi connectivity index (χ2v) is 6.21. The van der Waals surface area contributed by atoms with Gasteiger partial charge in [0.15, 0.2) is 0 Å². The molecule has 0 amide bonds.